The summed E-state index contributed by atoms with van der Waals surface area (Å²) in [4.78, 5) is 10.6. The molecular formula is C9H16O3. The molecule has 2 atom stereocenters. The molecular weight excluding hydrogens is 156 g/mol. The maximum Gasteiger partial charge on any atom is 0.151 e. The number of ether oxygens (including phenoxy) is 1. The van der Waals surface area contributed by atoms with Crippen molar-refractivity contribution in [2.75, 3.05) is 0 Å². The van der Waals surface area contributed by atoms with Gasteiger partial charge in [-0.05, 0) is 33.6 Å². The summed E-state index contributed by atoms with van der Waals surface area (Å²) < 4.78 is 5.44. The first-order valence-corrected chi connectivity index (χ1v) is 4.24. The van der Waals surface area contributed by atoms with Crippen LogP contribution in [0.25, 0.3) is 0 Å². The molecule has 1 aliphatic heterocycles. The first-order chi connectivity index (χ1) is 5.37. The third kappa shape index (κ3) is 1.84. The topological polar surface area (TPSA) is 46.5 Å². The van der Waals surface area contributed by atoms with Gasteiger partial charge in [0.25, 0.3) is 0 Å². The van der Waals surface area contributed by atoms with Crippen LogP contribution in [0.3, 0.4) is 0 Å². The SMILES string of the molecule is CC1(C=O)CCC(C(C)(C)O)O1. The first kappa shape index (κ1) is 9.68. The summed E-state index contributed by atoms with van der Waals surface area (Å²) in [6.45, 7) is 5.16. The average Bonchev–Trinajstić information content (AvgIpc) is 2.32. The lowest BCUT2D eigenvalue weighted by molar-refractivity contribution is -0.140. The Balaban J connectivity index is 2.63. The minimum Gasteiger partial charge on any atom is -0.388 e. The molecule has 0 bridgehead atoms. The average molecular weight is 172 g/mol. The van der Waals surface area contributed by atoms with E-state index in [-0.39, 0.29) is 6.10 Å². The highest BCUT2D eigenvalue weighted by Gasteiger charge is 2.42. The maximum atomic E-state index is 10.6. The molecule has 12 heavy (non-hydrogen) atoms. The van der Waals surface area contributed by atoms with Crippen LogP contribution in [0.5, 0.6) is 0 Å². The van der Waals surface area contributed by atoms with Crippen LogP contribution < -0.4 is 0 Å². The molecule has 1 saturated heterocycles. The zero-order valence-corrected chi connectivity index (χ0v) is 7.83. The van der Waals surface area contributed by atoms with Gasteiger partial charge in [-0.1, -0.05) is 0 Å². The molecule has 0 radical (unpaired) electrons. The van der Waals surface area contributed by atoms with Crippen LogP contribution in [0.1, 0.15) is 33.6 Å². The molecule has 3 nitrogen and oxygen atoms in total. The Hall–Kier alpha value is -0.410. The van der Waals surface area contributed by atoms with E-state index in [2.05, 4.69) is 0 Å². The summed E-state index contributed by atoms with van der Waals surface area (Å²) in [5, 5.41) is 9.60. The zero-order valence-electron chi connectivity index (χ0n) is 7.83. The third-order valence-corrected chi connectivity index (χ3v) is 2.35. The number of carbonyl (C=O) groups excluding carboxylic acids is 1. The van der Waals surface area contributed by atoms with Crippen molar-refractivity contribution in [3.8, 4) is 0 Å². The van der Waals surface area contributed by atoms with Gasteiger partial charge >= 0.3 is 0 Å². The molecule has 0 aromatic rings. The number of aldehydes is 1. The van der Waals surface area contributed by atoms with E-state index in [9.17, 15) is 9.90 Å². The van der Waals surface area contributed by atoms with Gasteiger partial charge in [-0.25, -0.2) is 0 Å². The van der Waals surface area contributed by atoms with Gasteiger partial charge in [-0.3, -0.25) is 0 Å². The summed E-state index contributed by atoms with van der Waals surface area (Å²) >= 11 is 0. The molecule has 1 fully saturated rings. The monoisotopic (exact) mass is 172 g/mol. The van der Waals surface area contributed by atoms with Crippen molar-refractivity contribution in [2.24, 2.45) is 0 Å². The van der Waals surface area contributed by atoms with Crippen molar-refractivity contribution in [1.29, 1.82) is 0 Å². The van der Waals surface area contributed by atoms with E-state index < -0.39 is 11.2 Å². The molecule has 0 spiro atoms. The van der Waals surface area contributed by atoms with Gasteiger partial charge in [0.15, 0.2) is 6.29 Å². The number of aliphatic hydroxyl groups is 1. The van der Waals surface area contributed by atoms with Crippen LogP contribution in [-0.2, 0) is 9.53 Å². The van der Waals surface area contributed by atoms with Crippen molar-refractivity contribution in [1.82, 2.24) is 0 Å². The molecule has 1 N–H and O–H groups in total. The summed E-state index contributed by atoms with van der Waals surface area (Å²) in [6.07, 6.45) is 2.05. The van der Waals surface area contributed by atoms with E-state index in [1.54, 1.807) is 20.8 Å². The molecule has 70 valence electrons. The van der Waals surface area contributed by atoms with Crippen LogP contribution in [0.4, 0.5) is 0 Å². The third-order valence-electron chi connectivity index (χ3n) is 2.35. The van der Waals surface area contributed by atoms with E-state index in [4.69, 9.17) is 4.74 Å². The second kappa shape index (κ2) is 2.82. The van der Waals surface area contributed by atoms with Gasteiger partial charge < -0.3 is 14.6 Å². The number of rotatable bonds is 2. The second-order valence-corrected chi connectivity index (χ2v) is 4.23. The minimum atomic E-state index is -0.846. The van der Waals surface area contributed by atoms with Gasteiger partial charge in [-0.15, -0.1) is 0 Å². The van der Waals surface area contributed by atoms with Crippen LogP contribution >= 0.6 is 0 Å². The fraction of sp³-hybridized carbons (Fsp3) is 0.889. The zero-order chi connectivity index (χ0) is 9.41. The van der Waals surface area contributed by atoms with Gasteiger partial charge in [0.05, 0.1) is 11.7 Å². The molecule has 0 aliphatic carbocycles. The summed E-state index contributed by atoms with van der Waals surface area (Å²) in [5.41, 5.74) is -1.52. The standard InChI is InChI=1S/C9H16O3/c1-8(2,11)7-4-5-9(3,6-10)12-7/h6-7,11H,4-5H2,1-3H3. The molecule has 3 heteroatoms. The molecule has 0 aromatic heterocycles. The highest BCUT2D eigenvalue weighted by atomic mass is 16.5. The Morgan fingerprint density at radius 2 is 2.25 bits per heavy atom. The van der Waals surface area contributed by atoms with Crippen molar-refractivity contribution in [3.05, 3.63) is 0 Å². The Morgan fingerprint density at radius 3 is 2.50 bits per heavy atom. The Morgan fingerprint density at radius 1 is 1.67 bits per heavy atom. The van der Waals surface area contributed by atoms with Crippen LogP contribution in [0, 0.1) is 0 Å². The first-order valence-electron chi connectivity index (χ1n) is 4.24. The van der Waals surface area contributed by atoms with E-state index in [0.717, 1.165) is 12.7 Å². The lowest BCUT2D eigenvalue weighted by Gasteiger charge is -2.27. The second-order valence-electron chi connectivity index (χ2n) is 4.23. The highest BCUT2D eigenvalue weighted by Crippen LogP contribution is 2.33. The van der Waals surface area contributed by atoms with Crippen molar-refractivity contribution in [2.45, 2.75) is 50.9 Å². The predicted octanol–water partition coefficient (Wildman–Crippen LogP) is 0.894. The van der Waals surface area contributed by atoms with Crippen LogP contribution in [0.2, 0.25) is 0 Å². The van der Waals surface area contributed by atoms with Gasteiger partial charge in [0.2, 0.25) is 0 Å². The largest absolute Gasteiger partial charge is 0.388 e. The Bertz CT molecular complexity index is 183. The van der Waals surface area contributed by atoms with E-state index in [0.29, 0.717) is 6.42 Å². The van der Waals surface area contributed by atoms with E-state index in [1.807, 2.05) is 0 Å². The fourth-order valence-corrected chi connectivity index (χ4v) is 1.44. The number of carbonyl (C=O) groups is 1. The van der Waals surface area contributed by atoms with E-state index >= 15 is 0 Å². The molecule has 1 aliphatic rings. The molecule has 2 unspecified atom stereocenters. The lowest BCUT2D eigenvalue weighted by atomic mass is 9.97. The summed E-state index contributed by atoms with van der Waals surface area (Å²) in [7, 11) is 0. The normalized spacial score (nSPS) is 36.8. The number of hydrogen-bond acceptors (Lipinski definition) is 3. The van der Waals surface area contributed by atoms with Gasteiger partial charge in [0, 0.05) is 0 Å². The van der Waals surface area contributed by atoms with Crippen molar-refractivity contribution >= 4 is 6.29 Å². The molecule has 0 amide bonds. The summed E-state index contributed by atoms with van der Waals surface area (Å²) in [6, 6.07) is 0. The highest BCUT2D eigenvalue weighted by molar-refractivity contribution is 5.62. The molecule has 1 rings (SSSR count). The molecule has 1 heterocycles. The molecule has 0 aromatic carbocycles. The Labute approximate surface area is 72.7 Å². The van der Waals surface area contributed by atoms with Gasteiger partial charge in [-0.2, -0.15) is 0 Å². The predicted molar refractivity (Wildman–Crippen MR) is 44.9 cm³/mol. The van der Waals surface area contributed by atoms with Crippen LogP contribution in [-0.4, -0.2) is 28.7 Å². The smallest absolute Gasteiger partial charge is 0.151 e. The molecule has 0 saturated carbocycles. The minimum absolute atomic E-state index is 0.215. The fourth-order valence-electron chi connectivity index (χ4n) is 1.44. The van der Waals surface area contributed by atoms with E-state index in [1.165, 1.54) is 0 Å². The van der Waals surface area contributed by atoms with Crippen molar-refractivity contribution < 1.29 is 14.6 Å². The Kier molecular flexibility index (Phi) is 2.27. The maximum absolute atomic E-state index is 10.6. The summed E-state index contributed by atoms with van der Waals surface area (Å²) in [5.74, 6) is 0. The van der Waals surface area contributed by atoms with Crippen LogP contribution in [0.15, 0.2) is 0 Å². The quantitative estimate of drug-likeness (QED) is 0.629. The van der Waals surface area contributed by atoms with Crippen molar-refractivity contribution in [3.63, 3.8) is 0 Å². The lowest BCUT2D eigenvalue weighted by Crippen LogP contribution is -2.38. The van der Waals surface area contributed by atoms with Gasteiger partial charge in [0.1, 0.15) is 5.60 Å². The number of hydrogen-bond donors (Lipinski definition) is 1.